The van der Waals surface area contributed by atoms with Crippen LogP contribution in [0.5, 0.6) is 0 Å². The highest BCUT2D eigenvalue weighted by Gasteiger charge is 2.22. The van der Waals surface area contributed by atoms with Gasteiger partial charge in [0.05, 0.1) is 5.56 Å². The topological polar surface area (TPSA) is 69.6 Å². The van der Waals surface area contributed by atoms with Crippen molar-refractivity contribution in [2.45, 2.75) is 38.1 Å². The number of nitrogens with zero attached hydrogens (tertiary/aromatic N) is 1. The highest BCUT2D eigenvalue weighted by Crippen LogP contribution is 2.23. The predicted octanol–water partition coefficient (Wildman–Crippen LogP) is 3.94. The Hall–Kier alpha value is -1.56. The molecule has 1 aromatic carbocycles. The molecule has 0 aliphatic heterocycles. The molecule has 1 aliphatic carbocycles. The van der Waals surface area contributed by atoms with Gasteiger partial charge in [-0.2, -0.15) is 0 Å². The molecule has 2 N–H and O–H groups in total. The number of halogens is 1. The van der Waals surface area contributed by atoms with E-state index in [0.29, 0.717) is 10.2 Å². The molecule has 21 heavy (non-hydrogen) atoms. The number of hydrogen-bond donors (Lipinski definition) is 2. The molecule has 0 unspecified atom stereocenters. The second-order valence-corrected chi connectivity index (χ2v) is 6.28. The molecule has 0 spiro atoms. The Kier molecular flexibility index (Phi) is 5.22. The molecule has 1 fully saturated rings. The molecule has 2 amide bonds. The van der Waals surface area contributed by atoms with Crippen molar-refractivity contribution < 1.29 is 14.7 Å². The summed E-state index contributed by atoms with van der Waals surface area (Å²) in [6, 6.07) is 4.72. The van der Waals surface area contributed by atoms with Crippen LogP contribution in [0.25, 0.3) is 0 Å². The van der Waals surface area contributed by atoms with E-state index in [9.17, 15) is 9.59 Å². The van der Waals surface area contributed by atoms with Crippen molar-refractivity contribution in [3.63, 3.8) is 0 Å². The van der Waals surface area contributed by atoms with E-state index in [-0.39, 0.29) is 17.6 Å². The molecule has 0 radical (unpaired) electrons. The molecule has 1 aliphatic rings. The fourth-order valence-corrected chi connectivity index (χ4v) is 3.12. The van der Waals surface area contributed by atoms with E-state index in [1.165, 1.54) is 18.6 Å². The summed E-state index contributed by atoms with van der Waals surface area (Å²) in [5, 5.41) is 11.8. The van der Waals surface area contributed by atoms with Crippen LogP contribution in [-0.4, -0.2) is 35.1 Å². The summed E-state index contributed by atoms with van der Waals surface area (Å²) in [7, 11) is 1.79. The van der Waals surface area contributed by atoms with Crippen LogP contribution in [-0.2, 0) is 0 Å². The molecule has 0 saturated heterocycles. The molecule has 114 valence electrons. The molecular formula is C15H19BrN2O3. The summed E-state index contributed by atoms with van der Waals surface area (Å²) in [6.07, 6.45) is 5.61. The summed E-state index contributed by atoms with van der Waals surface area (Å²) in [6.45, 7) is 0. The first-order chi connectivity index (χ1) is 9.97. The predicted molar refractivity (Wildman–Crippen MR) is 84.8 cm³/mol. The summed E-state index contributed by atoms with van der Waals surface area (Å²) >= 11 is 3.26. The third-order valence-electron chi connectivity index (χ3n) is 3.84. The Morgan fingerprint density at radius 2 is 1.90 bits per heavy atom. The van der Waals surface area contributed by atoms with Crippen molar-refractivity contribution in [3.8, 4) is 0 Å². The number of carboxylic acid groups (broad SMARTS) is 1. The normalized spacial score (nSPS) is 15.5. The number of carbonyl (C=O) groups excluding carboxylic acids is 1. The average Bonchev–Trinajstić information content (AvgIpc) is 2.46. The van der Waals surface area contributed by atoms with Gasteiger partial charge in [0.25, 0.3) is 0 Å². The van der Waals surface area contributed by atoms with Crippen molar-refractivity contribution in [1.82, 2.24) is 4.90 Å². The van der Waals surface area contributed by atoms with Gasteiger partial charge in [-0.05, 0) is 31.0 Å². The number of rotatable bonds is 3. The number of carbonyl (C=O) groups is 2. The minimum absolute atomic E-state index is 0.139. The number of benzene rings is 1. The van der Waals surface area contributed by atoms with Crippen molar-refractivity contribution in [3.05, 3.63) is 28.2 Å². The number of hydrogen-bond acceptors (Lipinski definition) is 2. The zero-order valence-electron chi connectivity index (χ0n) is 11.9. The Balaban J connectivity index is 2.06. The van der Waals surface area contributed by atoms with Gasteiger partial charge < -0.3 is 15.3 Å². The van der Waals surface area contributed by atoms with Gasteiger partial charge in [0.2, 0.25) is 0 Å². The summed E-state index contributed by atoms with van der Waals surface area (Å²) in [5.74, 6) is -1.02. The van der Waals surface area contributed by atoms with Crippen LogP contribution in [0.4, 0.5) is 10.5 Å². The minimum Gasteiger partial charge on any atom is -0.478 e. The first-order valence-corrected chi connectivity index (χ1v) is 7.84. The van der Waals surface area contributed by atoms with Crippen LogP contribution < -0.4 is 5.32 Å². The van der Waals surface area contributed by atoms with Crippen molar-refractivity contribution >= 4 is 33.6 Å². The Bertz CT molecular complexity index is 542. The quantitative estimate of drug-likeness (QED) is 0.863. The summed E-state index contributed by atoms with van der Waals surface area (Å²) < 4.78 is 0.623. The van der Waals surface area contributed by atoms with Gasteiger partial charge in [0.1, 0.15) is 0 Å². The SMILES string of the molecule is CN(C(=O)Nc1cc(Br)cc(C(=O)O)c1)C1CCCCC1. The minimum atomic E-state index is -1.02. The largest absolute Gasteiger partial charge is 0.478 e. The fraction of sp³-hybridized carbons (Fsp3) is 0.467. The molecule has 0 heterocycles. The molecular weight excluding hydrogens is 336 g/mol. The number of urea groups is 1. The van der Waals surface area contributed by atoms with Gasteiger partial charge in [-0.3, -0.25) is 0 Å². The third kappa shape index (κ3) is 4.20. The Labute approximate surface area is 132 Å². The van der Waals surface area contributed by atoms with Crippen LogP contribution in [0.3, 0.4) is 0 Å². The van der Waals surface area contributed by atoms with E-state index < -0.39 is 5.97 Å². The van der Waals surface area contributed by atoms with E-state index in [4.69, 9.17) is 5.11 Å². The molecule has 1 saturated carbocycles. The lowest BCUT2D eigenvalue weighted by molar-refractivity contribution is 0.0696. The molecule has 0 atom stereocenters. The maximum absolute atomic E-state index is 12.3. The van der Waals surface area contributed by atoms with Crippen molar-refractivity contribution in [2.75, 3.05) is 12.4 Å². The van der Waals surface area contributed by atoms with Gasteiger partial charge in [-0.1, -0.05) is 35.2 Å². The lowest BCUT2D eigenvalue weighted by Gasteiger charge is -2.31. The Morgan fingerprint density at radius 3 is 2.52 bits per heavy atom. The van der Waals surface area contributed by atoms with E-state index in [2.05, 4.69) is 21.2 Å². The second kappa shape index (κ2) is 6.93. The standard InChI is InChI=1S/C15H19BrN2O3/c1-18(13-5-3-2-4-6-13)15(21)17-12-8-10(14(19)20)7-11(16)9-12/h7-9,13H,2-6H2,1H3,(H,17,21)(H,19,20). The molecule has 2 rings (SSSR count). The number of nitrogens with one attached hydrogen (secondary N) is 1. The van der Waals surface area contributed by atoms with E-state index in [1.54, 1.807) is 18.0 Å². The second-order valence-electron chi connectivity index (χ2n) is 5.37. The monoisotopic (exact) mass is 354 g/mol. The van der Waals surface area contributed by atoms with Crippen LogP contribution in [0.15, 0.2) is 22.7 Å². The zero-order chi connectivity index (χ0) is 15.4. The van der Waals surface area contributed by atoms with Crippen LogP contribution in [0.1, 0.15) is 42.5 Å². The molecule has 5 nitrogen and oxygen atoms in total. The smallest absolute Gasteiger partial charge is 0.335 e. The number of carboxylic acids is 1. The van der Waals surface area contributed by atoms with Crippen molar-refractivity contribution in [1.29, 1.82) is 0 Å². The number of anilines is 1. The summed E-state index contributed by atoms with van der Waals surface area (Å²) in [5.41, 5.74) is 0.620. The van der Waals surface area contributed by atoms with E-state index in [0.717, 1.165) is 25.7 Å². The first kappa shape index (κ1) is 15.8. The molecule has 6 heteroatoms. The van der Waals surface area contributed by atoms with E-state index >= 15 is 0 Å². The van der Waals surface area contributed by atoms with Gasteiger partial charge in [-0.15, -0.1) is 0 Å². The molecule has 0 aromatic heterocycles. The van der Waals surface area contributed by atoms with Gasteiger partial charge >= 0.3 is 12.0 Å². The van der Waals surface area contributed by atoms with Crippen molar-refractivity contribution in [2.24, 2.45) is 0 Å². The first-order valence-electron chi connectivity index (χ1n) is 7.05. The van der Waals surface area contributed by atoms with Gasteiger partial charge in [0, 0.05) is 23.2 Å². The third-order valence-corrected chi connectivity index (χ3v) is 4.30. The average molecular weight is 355 g/mol. The van der Waals surface area contributed by atoms with Crippen LogP contribution in [0.2, 0.25) is 0 Å². The number of amides is 2. The zero-order valence-corrected chi connectivity index (χ0v) is 13.5. The number of aromatic carboxylic acids is 1. The maximum Gasteiger partial charge on any atom is 0.335 e. The van der Waals surface area contributed by atoms with Crippen LogP contribution in [0, 0.1) is 0 Å². The lowest BCUT2D eigenvalue weighted by Crippen LogP contribution is -2.40. The highest BCUT2D eigenvalue weighted by molar-refractivity contribution is 9.10. The van der Waals surface area contributed by atoms with Gasteiger partial charge in [-0.25, -0.2) is 9.59 Å². The Morgan fingerprint density at radius 1 is 1.24 bits per heavy atom. The van der Waals surface area contributed by atoms with Crippen LogP contribution >= 0.6 is 15.9 Å². The summed E-state index contributed by atoms with van der Waals surface area (Å²) in [4.78, 5) is 25.0. The lowest BCUT2D eigenvalue weighted by atomic mass is 9.95. The van der Waals surface area contributed by atoms with Gasteiger partial charge in [0.15, 0.2) is 0 Å². The fourth-order valence-electron chi connectivity index (χ4n) is 2.63. The molecule has 0 bridgehead atoms. The molecule has 1 aromatic rings. The van der Waals surface area contributed by atoms with E-state index in [1.807, 2.05) is 0 Å². The highest BCUT2D eigenvalue weighted by atomic mass is 79.9. The maximum atomic E-state index is 12.3.